The lowest BCUT2D eigenvalue weighted by Gasteiger charge is -2.23. The van der Waals surface area contributed by atoms with Gasteiger partial charge in [-0.05, 0) is 12.3 Å². The fourth-order valence-electron chi connectivity index (χ4n) is 1.61. The number of alkyl halides is 3. The minimum atomic E-state index is -4.68. The molecule has 0 saturated heterocycles. The van der Waals surface area contributed by atoms with E-state index in [1.807, 2.05) is 0 Å². The maximum absolute atomic E-state index is 12.5. The second-order valence-corrected chi connectivity index (χ2v) is 5.07. The van der Waals surface area contributed by atoms with Gasteiger partial charge >= 0.3 is 12.1 Å². The number of amides is 1. The molecule has 0 aromatic carbocycles. The largest absolute Gasteiger partial charge is 0.481 e. The highest BCUT2D eigenvalue weighted by Gasteiger charge is 2.44. The summed E-state index contributed by atoms with van der Waals surface area (Å²) in [6.45, 7) is 3.59. The first kappa shape index (κ1) is 18.1. The minimum Gasteiger partial charge on any atom is -0.481 e. The molecule has 0 bridgehead atoms. The molecule has 0 heterocycles. The van der Waals surface area contributed by atoms with Crippen molar-refractivity contribution in [1.82, 2.24) is 5.32 Å². The minimum absolute atomic E-state index is 0.0602. The number of nitrogens with one attached hydrogen (secondary N) is 1. The van der Waals surface area contributed by atoms with E-state index in [1.165, 1.54) is 0 Å². The standard InChI is InChI=1S/C11H18F3NO3S/c1-6(2)3-7(4-9(16)17)15-10(18)8(5-19)11(12,13)14/h6-8,19H,3-5H2,1-2H3,(H,15,18)(H,16,17)/t7-,8?/m1/s1. The van der Waals surface area contributed by atoms with Gasteiger partial charge in [0.2, 0.25) is 5.91 Å². The van der Waals surface area contributed by atoms with E-state index in [2.05, 4.69) is 17.9 Å². The number of rotatable bonds is 7. The molecular weight excluding hydrogens is 283 g/mol. The van der Waals surface area contributed by atoms with Crippen LogP contribution in [0.3, 0.4) is 0 Å². The molecular formula is C11H18F3NO3S. The molecule has 0 fully saturated rings. The molecule has 0 aliphatic carbocycles. The van der Waals surface area contributed by atoms with Gasteiger partial charge in [0, 0.05) is 11.8 Å². The Hall–Kier alpha value is -0.920. The quantitative estimate of drug-likeness (QED) is 0.631. The molecule has 1 amide bonds. The molecule has 0 radical (unpaired) electrons. The monoisotopic (exact) mass is 301 g/mol. The van der Waals surface area contributed by atoms with Crippen molar-refractivity contribution in [2.45, 2.75) is 38.9 Å². The van der Waals surface area contributed by atoms with E-state index in [9.17, 15) is 22.8 Å². The lowest BCUT2D eigenvalue weighted by molar-refractivity contribution is -0.178. The van der Waals surface area contributed by atoms with Crippen LogP contribution in [-0.2, 0) is 9.59 Å². The SMILES string of the molecule is CC(C)C[C@H](CC(=O)O)NC(=O)C(CS)C(F)(F)F. The fourth-order valence-corrected chi connectivity index (χ4v) is 1.98. The van der Waals surface area contributed by atoms with Crippen molar-refractivity contribution < 1.29 is 27.9 Å². The van der Waals surface area contributed by atoms with Gasteiger partial charge in [0.05, 0.1) is 6.42 Å². The van der Waals surface area contributed by atoms with Crippen LogP contribution in [0.5, 0.6) is 0 Å². The molecule has 0 aromatic heterocycles. The molecule has 0 rings (SSSR count). The predicted molar refractivity (Wildman–Crippen MR) is 67.0 cm³/mol. The number of carboxylic acid groups (broad SMARTS) is 1. The fraction of sp³-hybridized carbons (Fsp3) is 0.818. The first-order chi connectivity index (χ1) is 8.57. The summed E-state index contributed by atoms with van der Waals surface area (Å²) in [6, 6.07) is -0.810. The Morgan fingerprint density at radius 1 is 1.32 bits per heavy atom. The number of hydrogen-bond donors (Lipinski definition) is 3. The van der Waals surface area contributed by atoms with Gasteiger partial charge in [-0.1, -0.05) is 13.8 Å². The second kappa shape index (κ2) is 7.62. The van der Waals surface area contributed by atoms with Crippen LogP contribution < -0.4 is 5.32 Å². The van der Waals surface area contributed by atoms with Gasteiger partial charge in [-0.3, -0.25) is 9.59 Å². The molecule has 19 heavy (non-hydrogen) atoms. The van der Waals surface area contributed by atoms with Crippen LogP contribution in [0.25, 0.3) is 0 Å². The Labute approximate surface area is 115 Å². The zero-order chi connectivity index (χ0) is 15.2. The molecule has 0 spiro atoms. The smallest absolute Gasteiger partial charge is 0.401 e. The summed E-state index contributed by atoms with van der Waals surface area (Å²) < 4.78 is 37.6. The Morgan fingerprint density at radius 3 is 2.16 bits per heavy atom. The van der Waals surface area contributed by atoms with E-state index in [0.717, 1.165) is 0 Å². The van der Waals surface area contributed by atoms with Crippen LogP contribution in [0.15, 0.2) is 0 Å². The van der Waals surface area contributed by atoms with Gasteiger partial charge < -0.3 is 10.4 Å². The lowest BCUT2D eigenvalue weighted by Crippen LogP contribution is -2.46. The Kier molecular flexibility index (Phi) is 7.25. The van der Waals surface area contributed by atoms with Crippen LogP contribution in [-0.4, -0.2) is 35.0 Å². The van der Waals surface area contributed by atoms with Crippen molar-refractivity contribution in [3.63, 3.8) is 0 Å². The summed E-state index contributed by atoms with van der Waals surface area (Å²) >= 11 is 3.51. The average Bonchev–Trinajstić information content (AvgIpc) is 2.12. The number of thiol groups is 1. The summed E-state index contributed by atoms with van der Waals surface area (Å²) in [6.07, 6.45) is -4.78. The molecule has 0 aromatic rings. The third kappa shape index (κ3) is 7.29. The van der Waals surface area contributed by atoms with Gasteiger partial charge in [0.25, 0.3) is 0 Å². The summed E-state index contributed by atoms with van der Waals surface area (Å²) in [4.78, 5) is 22.1. The van der Waals surface area contributed by atoms with Gasteiger partial charge in [-0.2, -0.15) is 25.8 Å². The first-order valence-corrected chi connectivity index (χ1v) is 6.40. The van der Waals surface area contributed by atoms with Crippen molar-refractivity contribution in [1.29, 1.82) is 0 Å². The number of carbonyl (C=O) groups is 2. The van der Waals surface area contributed by atoms with Crippen LogP contribution in [0.1, 0.15) is 26.7 Å². The molecule has 0 saturated carbocycles. The Morgan fingerprint density at radius 2 is 1.84 bits per heavy atom. The average molecular weight is 301 g/mol. The van der Waals surface area contributed by atoms with Crippen molar-refractivity contribution in [3.05, 3.63) is 0 Å². The van der Waals surface area contributed by atoms with Gasteiger partial charge in [0.15, 0.2) is 0 Å². The van der Waals surface area contributed by atoms with Gasteiger partial charge in [0.1, 0.15) is 5.92 Å². The number of aliphatic carboxylic acids is 1. The first-order valence-electron chi connectivity index (χ1n) is 5.77. The Balaban J connectivity index is 4.73. The Bertz CT molecular complexity index is 321. The molecule has 1 unspecified atom stereocenters. The summed E-state index contributed by atoms with van der Waals surface area (Å²) in [5, 5.41) is 10.8. The van der Waals surface area contributed by atoms with Crippen LogP contribution in [0.4, 0.5) is 13.2 Å². The van der Waals surface area contributed by atoms with Crippen molar-refractivity contribution >= 4 is 24.5 Å². The summed E-state index contributed by atoms with van der Waals surface area (Å²) in [5.74, 6) is -5.23. The van der Waals surface area contributed by atoms with E-state index in [1.54, 1.807) is 13.8 Å². The second-order valence-electron chi connectivity index (χ2n) is 4.71. The molecule has 8 heteroatoms. The molecule has 0 aliphatic heterocycles. The highest BCUT2D eigenvalue weighted by molar-refractivity contribution is 7.80. The molecule has 0 aliphatic rings. The predicted octanol–water partition coefficient (Wildman–Crippen LogP) is 2.10. The number of hydrogen-bond acceptors (Lipinski definition) is 3. The molecule has 2 atom stereocenters. The lowest BCUT2D eigenvalue weighted by atomic mass is 10.00. The normalized spacial score (nSPS) is 15.1. The topological polar surface area (TPSA) is 66.4 Å². The molecule has 2 N–H and O–H groups in total. The van der Waals surface area contributed by atoms with Crippen molar-refractivity contribution in [3.8, 4) is 0 Å². The van der Waals surface area contributed by atoms with Crippen molar-refractivity contribution in [2.24, 2.45) is 11.8 Å². The number of carboxylic acids is 1. The maximum atomic E-state index is 12.5. The van der Waals surface area contributed by atoms with E-state index < -0.39 is 42.2 Å². The van der Waals surface area contributed by atoms with Gasteiger partial charge in [-0.15, -0.1) is 0 Å². The third-order valence-electron chi connectivity index (χ3n) is 2.42. The zero-order valence-electron chi connectivity index (χ0n) is 10.7. The molecule has 4 nitrogen and oxygen atoms in total. The zero-order valence-corrected chi connectivity index (χ0v) is 11.6. The number of carbonyl (C=O) groups excluding carboxylic acids is 1. The van der Waals surface area contributed by atoms with Crippen molar-refractivity contribution in [2.75, 3.05) is 5.75 Å². The highest BCUT2D eigenvalue weighted by Crippen LogP contribution is 2.27. The van der Waals surface area contributed by atoms with Crippen LogP contribution in [0, 0.1) is 11.8 Å². The van der Waals surface area contributed by atoms with E-state index in [0.29, 0.717) is 6.42 Å². The maximum Gasteiger partial charge on any atom is 0.401 e. The van der Waals surface area contributed by atoms with Gasteiger partial charge in [-0.25, -0.2) is 0 Å². The van der Waals surface area contributed by atoms with E-state index in [-0.39, 0.29) is 5.92 Å². The van der Waals surface area contributed by atoms with E-state index in [4.69, 9.17) is 5.11 Å². The molecule has 112 valence electrons. The van der Waals surface area contributed by atoms with E-state index >= 15 is 0 Å². The summed E-state index contributed by atoms with van der Waals surface area (Å²) in [5.41, 5.74) is 0. The van der Waals surface area contributed by atoms with Crippen LogP contribution in [0.2, 0.25) is 0 Å². The van der Waals surface area contributed by atoms with Crippen LogP contribution >= 0.6 is 12.6 Å². The summed E-state index contributed by atoms with van der Waals surface area (Å²) in [7, 11) is 0. The third-order valence-corrected chi connectivity index (χ3v) is 2.78. The number of halogens is 3. The highest BCUT2D eigenvalue weighted by atomic mass is 32.1.